The van der Waals surface area contributed by atoms with Crippen LogP contribution in [0.15, 0.2) is 35.4 Å². The number of pyridine rings is 1. The van der Waals surface area contributed by atoms with Gasteiger partial charge in [0.2, 0.25) is 5.88 Å². The maximum absolute atomic E-state index is 14.8. The van der Waals surface area contributed by atoms with E-state index in [4.69, 9.17) is 9.47 Å². The molecule has 1 saturated heterocycles. The highest BCUT2D eigenvalue weighted by Gasteiger charge is 2.38. The van der Waals surface area contributed by atoms with Gasteiger partial charge in [0, 0.05) is 31.8 Å². The van der Waals surface area contributed by atoms with E-state index >= 15 is 0 Å². The van der Waals surface area contributed by atoms with Crippen molar-refractivity contribution in [3.63, 3.8) is 0 Å². The van der Waals surface area contributed by atoms with Crippen molar-refractivity contribution in [2.75, 3.05) is 58.1 Å². The van der Waals surface area contributed by atoms with E-state index < -0.39 is 24.1 Å². The Morgan fingerprint density at radius 3 is 2.88 bits per heavy atom. The second kappa shape index (κ2) is 11.4. The van der Waals surface area contributed by atoms with E-state index in [1.807, 2.05) is 11.9 Å². The fourth-order valence-electron chi connectivity index (χ4n) is 4.64. The van der Waals surface area contributed by atoms with Gasteiger partial charge in [0.1, 0.15) is 22.6 Å². The first-order valence-electron chi connectivity index (χ1n) is 12.7. The van der Waals surface area contributed by atoms with E-state index in [1.165, 1.54) is 18.6 Å². The molecule has 0 bridgehead atoms. The minimum Gasteiger partial charge on any atom is -0.495 e. The van der Waals surface area contributed by atoms with Crippen molar-refractivity contribution < 1.29 is 27.4 Å². The first kappa shape index (κ1) is 27.8. The largest absolute Gasteiger partial charge is 0.495 e. The molecule has 2 atom stereocenters. The van der Waals surface area contributed by atoms with Crippen LogP contribution in [0.5, 0.6) is 11.6 Å². The molecule has 1 amide bonds. The molecule has 0 spiro atoms. The number of aromatic nitrogens is 2. The number of benzene rings is 1. The molecule has 0 unspecified atom stereocenters. The summed E-state index contributed by atoms with van der Waals surface area (Å²) in [7, 11) is 4.92. The summed E-state index contributed by atoms with van der Waals surface area (Å²) in [5, 5.41) is 5.83. The number of carbonyl (C=O) groups excluding carboxylic acids is 1. The maximum Gasteiger partial charge on any atom is 0.332 e. The Hall–Kier alpha value is -3.76. The average Bonchev–Trinajstić information content (AvgIpc) is 3.21. The molecule has 5 rings (SSSR count). The van der Waals surface area contributed by atoms with Gasteiger partial charge in [-0.2, -0.15) is 8.78 Å². The second-order valence-electron chi connectivity index (χ2n) is 9.51. The number of imidazole rings is 1. The minimum atomic E-state index is -3.21. The fourth-order valence-corrected chi connectivity index (χ4v) is 5.50. The molecule has 212 valence electrons. The molecule has 4 heterocycles. The number of piperidine rings is 1. The lowest BCUT2D eigenvalue weighted by Crippen LogP contribution is -2.46. The first-order chi connectivity index (χ1) is 19.2. The van der Waals surface area contributed by atoms with Gasteiger partial charge in [-0.15, -0.1) is 0 Å². The van der Waals surface area contributed by atoms with Gasteiger partial charge in [-0.3, -0.25) is 9.20 Å². The minimum absolute atomic E-state index is 0.121. The number of hydrogen-bond donors (Lipinski definition) is 3. The molecule has 1 aromatic carbocycles. The lowest BCUT2D eigenvalue weighted by Gasteiger charge is -2.33. The number of nitrogens with one attached hydrogen (secondary N) is 3. The number of ether oxygens (including phenoxy) is 2. The van der Waals surface area contributed by atoms with Crippen molar-refractivity contribution in [2.45, 2.75) is 28.9 Å². The van der Waals surface area contributed by atoms with Crippen LogP contribution in [0.4, 0.5) is 24.5 Å². The van der Waals surface area contributed by atoms with E-state index in [9.17, 15) is 18.0 Å². The van der Waals surface area contributed by atoms with Gasteiger partial charge in [0.25, 0.3) is 5.91 Å². The van der Waals surface area contributed by atoms with Crippen LogP contribution in [-0.4, -0.2) is 85.1 Å². The zero-order valence-electron chi connectivity index (χ0n) is 22.2. The van der Waals surface area contributed by atoms with Gasteiger partial charge in [-0.25, -0.2) is 9.37 Å². The molecule has 2 aliphatic heterocycles. The predicted molar refractivity (Wildman–Crippen MR) is 148 cm³/mol. The van der Waals surface area contributed by atoms with E-state index in [-0.39, 0.29) is 29.1 Å². The number of thioether (sulfide) groups is 1. The third kappa shape index (κ3) is 5.73. The van der Waals surface area contributed by atoms with Crippen molar-refractivity contribution in [2.24, 2.45) is 0 Å². The lowest BCUT2D eigenvalue weighted by molar-refractivity contribution is 0.0473. The number of likely N-dealkylation sites (tertiary alicyclic amines) is 1. The van der Waals surface area contributed by atoms with E-state index in [0.29, 0.717) is 53.1 Å². The number of amides is 1. The number of hydrogen-bond acceptors (Lipinski definition) is 8. The number of nitrogens with zero attached hydrogens (tertiary/aromatic N) is 3. The monoisotopic (exact) mass is 574 g/mol. The SMILES string of the molecule is CNC(=O)c1ccc(OC)c(NCC#Cc2nc3c(N[C@@H]4CCN(C)C[C@@H]4F)ccc4n3c2SC(F)(F)CO4)c1. The number of halogens is 3. The van der Waals surface area contributed by atoms with Crippen LogP contribution in [0.25, 0.3) is 5.65 Å². The molecule has 40 heavy (non-hydrogen) atoms. The summed E-state index contributed by atoms with van der Waals surface area (Å²) in [4.78, 5) is 18.5. The van der Waals surface area contributed by atoms with Gasteiger partial charge < -0.3 is 30.3 Å². The maximum atomic E-state index is 14.8. The number of carbonyl (C=O) groups is 1. The number of methoxy groups -OCH3 is 1. The van der Waals surface area contributed by atoms with Crippen LogP contribution in [0.1, 0.15) is 22.5 Å². The van der Waals surface area contributed by atoms with Crippen molar-refractivity contribution in [3.05, 3.63) is 41.6 Å². The van der Waals surface area contributed by atoms with Gasteiger partial charge in [-0.1, -0.05) is 5.92 Å². The van der Waals surface area contributed by atoms with Crippen LogP contribution >= 0.6 is 11.8 Å². The third-order valence-electron chi connectivity index (χ3n) is 6.67. The van der Waals surface area contributed by atoms with Crippen LogP contribution in [0.3, 0.4) is 0 Å². The van der Waals surface area contributed by atoms with Crippen molar-refractivity contribution in [1.82, 2.24) is 19.6 Å². The summed E-state index contributed by atoms with van der Waals surface area (Å²) < 4.78 is 56.3. The summed E-state index contributed by atoms with van der Waals surface area (Å²) in [5.41, 5.74) is 1.98. The van der Waals surface area contributed by atoms with Gasteiger partial charge in [0.15, 0.2) is 12.3 Å². The molecule has 13 heteroatoms. The molecular weight excluding hydrogens is 545 g/mol. The summed E-state index contributed by atoms with van der Waals surface area (Å²) >= 11 is 0.331. The molecule has 0 aliphatic carbocycles. The zero-order chi connectivity index (χ0) is 28.4. The third-order valence-corrected chi connectivity index (χ3v) is 7.66. The van der Waals surface area contributed by atoms with Crippen LogP contribution in [0.2, 0.25) is 0 Å². The lowest BCUT2D eigenvalue weighted by atomic mass is 10.0. The molecule has 0 saturated carbocycles. The molecule has 2 aliphatic rings. The van der Waals surface area contributed by atoms with Gasteiger partial charge >= 0.3 is 5.25 Å². The molecule has 1 fully saturated rings. The van der Waals surface area contributed by atoms with E-state index in [2.05, 4.69) is 32.8 Å². The Kier molecular flexibility index (Phi) is 7.91. The number of anilines is 2. The smallest absolute Gasteiger partial charge is 0.332 e. The summed E-state index contributed by atoms with van der Waals surface area (Å²) in [5.74, 6) is 6.29. The molecule has 3 aromatic rings. The van der Waals surface area contributed by atoms with Crippen molar-refractivity contribution in [3.8, 4) is 23.5 Å². The van der Waals surface area contributed by atoms with Crippen molar-refractivity contribution >= 4 is 34.7 Å². The van der Waals surface area contributed by atoms with E-state index in [0.717, 1.165) is 6.54 Å². The summed E-state index contributed by atoms with van der Waals surface area (Å²) in [6, 6.07) is 7.75. The van der Waals surface area contributed by atoms with Crippen LogP contribution < -0.4 is 25.4 Å². The predicted octanol–water partition coefficient (Wildman–Crippen LogP) is 3.70. The number of alkyl halides is 3. The normalized spacial score (nSPS) is 20.1. The first-order valence-corrected chi connectivity index (χ1v) is 13.5. The Labute approximate surface area is 233 Å². The molecular formula is C27H29F3N6O3S. The van der Waals surface area contributed by atoms with Crippen LogP contribution in [-0.2, 0) is 0 Å². The standard InChI is InChI=1S/C27H29F3N6O3S/c1-31-25(37)16-6-8-22(38-3)21(13-16)32-11-4-5-20-26-36-23(39-15-27(29,30)40-26)9-7-19(24(36)34-20)33-18-10-12-35(2)14-17(18)28/h6-9,13,17-18,32-33H,10-12,14-15H2,1-3H3,(H,31,37)/t17-,18+/m0/s1. The summed E-state index contributed by atoms with van der Waals surface area (Å²) in [6.07, 6.45) is -0.506. The molecule has 0 radical (unpaired) electrons. The molecule has 9 nitrogen and oxygen atoms in total. The average molecular weight is 575 g/mol. The summed E-state index contributed by atoms with van der Waals surface area (Å²) in [6.45, 7) is 0.351. The highest BCUT2D eigenvalue weighted by atomic mass is 32.2. The Morgan fingerprint density at radius 1 is 1.30 bits per heavy atom. The second-order valence-corrected chi connectivity index (χ2v) is 10.7. The number of rotatable bonds is 6. The highest BCUT2D eigenvalue weighted by molar-refractivity contribution is 8.00. The topological polar surface area (TPSA) is 92.2 Å². The van der Waals surface area contributed by atoms with Crippen LogP contribution in [0, 0.1) is 11.8 Å². The Balaban J connectivity index is 1.45. The zero-order valence-corrected chi connectivity index (χ0v) is 23.0. The molecule has 2 aromatic heterocycles. The van der Waals surface area contributed by atoms with Gasteiger partial charge in [0.05, 0.1) is 31.1 Å². The highest BCUT2D eigenvalue weighted by Crippen LogP contribution is 2.43. The molecule has 3 N–H and O–H groups in total. The van der Waals surface area contributed by atoms with Crippen molar-refractivity contribution in [1.29, 1.82) is 0 Å². The van der Waals surface area contributed by atoms with E-state index in [1.54, 1.807) is 30.3 Å². The Morgan fingerprint density at radius 2 is 2.12 bits per heavy atom. The Bertz CT molecular complexity index is 1490. The quantitative estimate of drug-likeness (QED) is 0.384. The van der Waals surface area contributed by atoms with Gasteiger partial charge in [-0.05, 0) is 55.4 Å². The fraction of sp³-hybridized carbons (Fsp3) is 0.407.